The highest BCUT2D eigenvalue weighted by Gasteiger charge is 2.46. The zero-order valence-electron chi connectivity index (χ0n) is 17.6. The maximum absolute atomic E-state index is 6.50. The number of benzene rings is 3. The van der Waals surface area contributed by atoms with Crippen molar-refractivity contribution in [1.82, 2.24) is 10.2 Å². The number of rotatable bonds is 6. The Balaban J connectivity index is 1.50. The second-order valence-electron chi connectivity index (χ2n) is 8.78. The summed E-state index contributed by atoms with van der Waals surface area (Å²) >= 11 is 12.8. The molecule has 0 saturated carbocycles. The summed E-state index contributed by atoms with van der Waals surface area (Å²) in [6.07, 6.45) is 2.52. The van der Waals surface area contributed by atoms with Crippen LogP contribution in [0.2, 0.25) is 10.0 Å². The molecule has 1 N–H and O–H groups in total. The van der Waals surface area contributed by atoms with E-state index >= 15 is 0 Å². The number of halogens is 2. The lowest BCUT2D eigenvalue weighted by Crippen LogP contribution is -2.64. The van der Waals surface area contributed by atoms with Crippen LogP contribution in [0, 0.1) is 5.92 Å². The van der Waals surface area contributed by atoms with E-state index in [0.717, 1.165) is 12.1 Å². The van der Waals surface area contributed by atoms with Gasteiger partial charge < -0.3 is 5.32 Å². The van der Waals surface area contributed by atoms with Gasteiger partial charge in [-0.2, -0.15) is 0 Å². The molecule has 0 aliphatic carbocycles. The molecular weight excluding hydrogens is 423 g/mol. The fourth-order valence-corrected chi connectivity index (χ4v) is 6.00. The molecule has 2 nitrogen and oxygen atoms in total. The molecule has 3 fully saturated rings. The molecule has 0 amide bonds. The van der Waals surface area contributed by atoms with Crippen LogP contribution in [0.4, 0.5) is 0 Å². The summed E-state index contributed by atoms with van der Waals surface area (Å²) in [5, 5.41) is 5.21. The molecule has 4 heteroatoms. The third-order valence-corrected chi connectivity index (χ3v) is 7.95. The van der Waals surface area contributed by atoms with Gasteiger partial charge in [0.15, 0.2) is 0 Å². The van der Waals surface area contributed by atoms with Gasteiger partial charge in [-0.05, 0) is 54.6 Å². The van der Waals surface area contributed by atoms with Crippen LogP contribution in [-0.4, -0.2) is 30.1 Å². The summed E-state index contributed by atoms with van der Waals surface area (Å²) < 4.78 is 0. The molecule has 3 aromatic carbocycles. The average molecular weight is 451 g/mol. The third kappa shape index (κ3) is 4.27. The van der Waals surface area contributed by atoms with E-state index in [9.17, 15) is 0 Å². The van der Waals surface area contributed by atoms with E-state index < -0.39 is 0 Å². The van der Waals surface area contributed by atoms with E-state index in [1.807, 2.05) is 12.1 Å². The van der Waals surface area contributed by atoms with E-state index in [-0.39, 0.29) is 0 Å². The minimum atomic E-state index is 0.331. The van der Waals surface area contributed by atoms with Gasteiger partial charge >= 0.3 is 0 Å². The van der Waals surface area contributed by atoms with E-state index in [1.165, 1.54) is 37.1 Å². The molecule has 2 bridgehead atoms. The van der Waals surface area contributed by atoms with Gasteiger partial charge in [-0.15, -0.1) is 0 Å². The largest absolute Gasteiger partial charge is 0.308 e. The Morgan fingerprint density at radius 2 is 1.42 bits per heavy atom. The van der Waals surface area contributed by atoms with Crippen molar-refractivity contribution >= 4 is 23.2 Å². The molecule has 3 aromatic rings. The highest BCUT2D eigenvalue weighted by atomic mass is 35.5. The summed E-state index contributed by atoms with van der Waals surface area (Å²) in [5.74, 6) is 1.01. The lowest BCUT2D eigenvalue weighted by Gasteiger charge is -2.54. The van der Waals surface area contributed by atoms with Crippen LogP contribution in [-0.2, 0) is 6.54 Å². The van der Waals surface area contributed by atoms with Gasteiger partial charge in [0.2, 0.25) is 0 Å². The van der Waals surface area contributed by atoms with E-state index in [2.05, 4.69) is 76.9 Å². The monoisotopic (exact) mass is 450 g/mol. The maximum atomic E-state index is 6.50. The first-order valence-electron chi connectivity index (χ1n) is 11.2. The quantitative estimate of drug-likeness (QED) is 0.468. The first kappa shape index (κ1) is 21.0. The van der Waals surface area contributed by atoms with Crippen LogP contribution in [0.1, 0.15) is 35.4 Å². The molecule has 3 saturated heterocycles. The Kier molecular flexibility index (Phi) is 6.34. The summed E-state index contributed by atoms with van der Waals surface area (Å²) in [4.78, 5) is 2.71. The fourth-order valence-electron chi connectivity index (χ4n) is 5.61. The number of hydrogen-bond acceptors (Lipinski definition) is 2. The number of nitrogens with one attached hydrogen (secondary N) is 1. The van der Waals surface area contributed by atoms with Crippen LogP contribution in [0.25, 0.3) is 0 Å². The summed E-state index contributed by atoms with van der Waals surface area (Å²) in [5.41, 5.74) is 3.85. The Morgan fingerprint density at radius 3 is 2.03 bits per heavy atom. The van der Waals surface area contributed by atoms with Crippen LogP contribution in [0.5, 0.6) is 0 Å². The number of fused-ring (bicyclic) bond motifs is 3. The summed E-state index contributed by atoms with van der Waals surface area (Å²) in [7, 11) is 0. The maximum Gasteiger partial charge on any atom is 0.0637 e. The fraction of sp³-hybridized carbons (Fsp3) is 0.333. The van der Waals surface area contributed by atoms with Crippen LogP contribution in [0.15, 0.2) is 78.9 Å². The molecule has 6 rings (SSSR count). The van der Waals surface area contributed by atoms with Crippen molar-refractivity contribution < 1.29 is 0 Å². The second-order valence-corrected chi connectivity index (χ2v) is 9.57. The van der Waals surface area contributed by atoms with Gasteiger partial charge in [-0.25, -0.2) is 0 Å². The number of piperidine rings is 3. The first-order chi connectivity index (χ1) is 15.2. The van der Waals surface area contributed by atoms with Crippen molar-refractivity contribution in [3.63, 3.8) is 0 Å². The Morgan fingerprint density at radius 1 is 0.806 bits per heavy atom. The standard InChI is InChI=1S/C27H28Cl2N2/c28-23-13-7-12-22(25(23)29)18-30-26-21-14-16-31(17-15-21)27(26)24(19-8-3-1-4-9-19)20-10-5-2-6-11-20/h1-13,21,24,26-27,30H,14-18H2. The molecule has 3 aliphatic rings. The second kappa shape index (κ2) is 9.34. The van der Waals surface area contributed by atoms with Crippen molar-refractivity contribution in [1.29, 1.82) is 0 Å². The Bertz CT molecular complexity index is 961. The molecular formula is C27H28Cl2N2. The zero-order chi connectivity index (χ0) is 21.2. The highest BCUT2D eigenvalue weighted by molar-refractivity contribution is 6.42. The minimum Gasteiger partial charge on any atom is -0.308 e. The van der Waals surface area contributed by atoms with Gasteiger partial charge in [-0.3, -0.25) is 4.90 Å². The van der Waals surface area contributed by atoms with Gasteiger partial charge in [0.05, 0.1) is 10.0 Å². The highest BCUT2D eigenvalue weighted by Crippen LogP contribution is 2.42. The molecule has 3 aliphatic heterocycles. The van der Waals surface area contributed by atoms with Crippen molar-refractivity contribution in [2.24, 2.45) is 5.92 Å². The first-order valence-corrected chi connectivity index (χ1v) is 12.0. The number of hydrogen-bond donors (Lipinski definition) is 1. The predicted molar refractivity (Wildman–Crippen MR) is 130 cm³/mol. The summed E-state index contributed by atoms with van der Waals surface area (Å²) in [6.45, 7) is 3.10. The van der Waals surface area contributed by atoms with Crippen molar-refractivity contribution in [3.8, 4) is 0 Å². The summed E-state index contributed by atoms with van der Waals surface area (Å²) in [6, 6.07) is 28.7. The lowest BCUT2D eigenvalue weighted by atomic mass is 9.70. The molecule has 3 heterocycles. The minimum absolute atomic E-state index is 0.331. The molecule has 2 unspecified atom stereocenters. The Labute approximate surface area is 195 Å². The molecule has 160 valence electrons. The third-order valence-electron chi connectivity index (χ3n) is 7.09. The molecule has 2 atom stereocenters. The van der Waals surface area contributed by atoms with Crippen LogP contribution < -0.4 is 5.32 Å². The van der Waals surface area contributed by atoms with Gasteiger partial charge in [0.1, 0.15) is 0 Å². The lowest BCUT2D eigenvalue weighted by molar-refractivity contribution is 0.00468. The predicted octanol–water partition coefficient (Wildman–Crippen LogP) is 6.38. The number of nitrogens with zero attached hydrogens (tertiary/aromatic N) is 1. The van der Waals surface area contributed by atoms with E-state index in [4.69, 9.17) is 23.2 Å². The van der Waals surface area contributed by atoms with Crippen molar-refractivity contribution in [2.45, 2.75) is 37.4 Å². The topological polar surface area (TPSA) is 15.3 Å². The van der Waals surface area contributed by atoms with Gasteiger partial charge in [-0.1, -0.05) is 96.0 Å². The molecule has 0 aromatic heterocycles. The molecule has 0 radical (unpaired) electrons. The van der Waals surface area contributed by atoms with Gasteiger partial charge in [0, 0.05) is 24.5 Å². The average Bonchev–Trinajstić information content (AvgIpc) is 2.83. The molecule has 31 heavy (non-hydrogen) atoms. The van der Waals surface area contributed by atoms with Crippen molar-refractivity contribution in [2.75, 3.05) is 13.1 Å². The smallest absolute Gasteiger partial charge is 0.0637 e. The van der Waals surface area contributed by atoms with E-state index in [1.54, 1.807) is 0 Å². The Hall–Kier alpha value is -1.84. The SMILES string of the molecule is Clc1cccc(CNC2C3CCN(CC3)C2C(c2ccccc2)c2ccccc2)c1Cl. The normalized spacial score (nSPS) is 25.1. The van der Waals surface area contributed by atoms with Crippen LogP contribution >= 0.6 is 23.2 Å². The zero-order valence-corrected chi connectivity index (χ0v) is 19.1. The van der Waals surface area contributed by atoms with Gasteiger partial charge in [0.25, 0.3) is 0 Å². The molecule has 0 spiro atoms. The van der Waals surface area contributed by atoms with Crippen LogP contribution in [0.3, 0.4) is 0 Å². The van der Waals surface area contributed by atoms with Crippen molar-refractivity contribution in [3.05, 3.63) is 106 Å². The van der Waals surface area contributed by atoms with E-state index in [0.29, 0.717) is 34.0 Å².